The van der Waals surface area contributed by atoms with Crippen LogP contribution in [-0.2, 0) is 17.8 Å². The van der Waals surface area contributed by atoms with Crippen molar-refractivity contribution in [2.24, 2.45) is 5.92 Å². The zero-order valence-corrected chi connectivity index (χ0v) is 14.2. The molecule has 4 nitrogen and oxygen atoms in total. The molecule has 21 heavy (non-hydrogen) atoms. The minimum Gasteiger partial charge on any atom is -0.377 e. The number of hydrogen-bond acceptors (Lipinski definition) is 4. The first-order valence-electron chi connectivity index (χ1n) is 7.93. The molecule has 0 saturated carbocycles. The molecule has 0 aromatic carbocycles. The van der Waals surface area contributed by atoms with Crippen LogP contribution in [-0.4, -0.2) is 42.7 Å². The first-order valence-corrected chi connectivity index (χ1v) is 7.93. The first-order chi connectivity index (χ1) is 9.97. The largest absolute Gasteiger partial charge is 0.377 e. The Kier molecular flexibility index (Phi) is 8.50. The second kappa shape index (κ2) is 9.87. The van der Waals surface area contributed by atoms with Gasteiger partial charge in [-0.3, -0.25) is 9.88 Å². The molecular formula is C17H31N3O. The maximum Gasteiger partial charge on any atom is 0.0596 e. The Balaban J connectivity index is 2.37. The van der Waals surface area contributed by atoms with Crippen molar-refractivity contribution >= 4 is 0 Å². The van der Waals surface area contributed by atoms with E-state index in [9.17, 15) is 0 Å². The second-order valence-electron chi connectivity index (χ2n) is 6.30. The number of rotatable bonds is 10. The molecule has 0 aliphatic heterocycles. The van der Waals surface area contributed by atoms with Crippen LogP contribution in [0.3, 0.4) is 0 Å². The minimum atomic E-state index is 0.298. The molecule has 1 heterocycles. The lowest BCUT2D eigenvalue weighted by molar-refractivity contribution is 0.0625. The number of ether oxygens (including phenoxy) is 1. The highest BCUT2D eigenvalue weighted by Gasteiger charge is 2.04. The number of aromatic nitrogens is 1. The molecule has 0 amide bonds. The average Bonchev–Trinajstić information content (AvgIpc) is 2.38. The zero-order chi connectivity index (χ0) is 15.7. The van der Waals surface area contributed by atoms with Gasteiger partial charge in [-0.1, -0.05) is 19.9 Å². The summed E-state index contributed by atoms with van der Waals surface area (Å²) in [6.07, 6.45) is 0.298. The summed E-state index contributed by atoms with van der Waals surface area (Å²) in [6, 6.07) is 6.26. The zero-order valence-electron chi connectivity index (χ0n) is 14.2. The van der Waals surface area contributed by atoms with Crippen molar-refractivity contribution in [1.29, 1.82) is 0 Å². The highest BCUT2D eigenvalue weighted by molar-refractivity contribution is 5.11. The van der Waals surface area contributed by atoms with Crippen molar-refractivity contribution in [2.75, 3.05) is 26.7 Å². The Morgan fingerprint density at radius 3 is 2.57 bits per heavy atom. The minimum absolute atomic E-state index is 0.298. The van der Waals surface area contributed by atoms with Crippen molar-refractivity contribution in [3.8, 4) is 0 Å². The SMILES string of the molecule is CC(C)CNCc1cccc(CN(C)CCOC(C)C)n1. The van der Waals surface area contributed by atoms with E-state index in [-0.39, 0.29) is 0 Å². The molecule has 4 heteroatoms. The second-order valence-corrected chi connectivity index (χ2v) is 6.30. The van der Waals surface area contributed by atoms with Gasteiger partial charge in [0.2, 0.25) is 0 Å². The van der Waals surface area contributed by atoms with Gasteiger partial charge in [0, 0.05) is 19.6 Å². The van der Waals surface area contributed by atoms with Crippen LogP contribution in [0.25, 0.3) is 0 Å². The number of hydrogen-bond donors (Lipinski definition) is 1. The molecule has 1 rings (SSSR count). The van der Waals surface area contributed by atoms with E-state index < -0.39 is 0 Å². The maximum atomic E-state index is 5.58. The van der Waals surface area contributed by atoms with E-state index in [1.165, 1.54) is 0 Å². The molecule has 0 fully saturated rings. The molecular weight excluding hydrogens is 262 g/mol. The van der Waals surface area contributed by atoms with Crippen LogP contribution < -0.4 is 5.32 Å². The van der Waals surface area contributed by atoms with Crippen LogP contribution in [0.4, 0.5) is 0 Å². The summed E-state index contributed by atoms with van der Waals surface area (Å²) < 4.78 is 5.58. The van der Waals surface area contributed by atoms with Crippen molar-refractivity contribution < 1.29 is 4.74 Å². The van der Waals surface area contributed by atoms with Crippen LogP contribution in [0.2, 0.25) is 0 Å². The smallest absolute Gasteiger partial charge is 0.0596 e. The van der Waals surface area contributed by atoms with Gasteiger partial charge in [0.25, 0.3) is 0 Å². The van der Waals surface area contributed by atoms with E-state index >= 15 is 0 Å². The van der Waals surface area contributed by atoms with E-state index in [1.54, 1.807) is 0 Å². The summed E-state index contributed by atoms with van der Waals surface area (Å²) in [5.41, 5.74) is 2.23. The van der Waals surface area contributed by atoms with Gasteiger partial charge in [-0.2, -0.15) is 0 Å². The summed E-state index contributed by atoms with van der Waals surface area (Å²) in [5, 5.41) is 3.43. The Morgan fingerprint density at radius 1 is 1.19 bits per heavy atom. The van der Waals surface area contributed by atoms with E-state index in [1.807, 2.05) is 0 Å². The summed E-state index contributed by atoms with van der Waals surface area (Å²) >= 11 is 0. The number of nitrogens with one attached hydrogen (secondary N) is 1. The van der Waals surface area contributed by atoms with E-state index in [0.29, 0.717) is 12.0 Å². The molecule has 0 saturated heterocycles. The molecule has 120 valence electrons. The molecule has 0 bridgehead atoms. The molecule has 1 aromatic rings. The third-order valence-electron chi connectivity index (χ3n) is 3.08. The topological polar surface area (TPSA) is 37.4 Å². The third kappa shape index (κ3) is 8.81. The molecule has 0 aliphatic rings. The fraction of sp³-hybridized carbons (Fsp3) is 0.706. The van der Waals surface area contributed by atoms with Gasteiger partial charge >= 0.3 is 0 Å². The summed E-state index contributed by atoms with van der Waals surface area (Å²) in [6.45, 7) is 13.0. The fourth-order valence-electron chi connectivity index (χ4n) is 2.00. The highest BCUT2D eigenvalue weighted by atomic mass is 16.5. The molecule has 1 aromatic heterocycles. The summed E-state index contributed by atoms with van der Waals surface area (Å²) in [4.78, 5) is 6.95. The molecule has 0 aliphatic carbocycles. The van der Waals surface area contributed by atoms with Gasteiger partial charge in [-0.05, 0) is 45.5 Å². The molecule has 0 radical (unpaired) electrons. The first kappa shape index (κ1) is 18.1. The Hall–Kier alpha value is -0.970. The molecule has 1 N–H and O–H groups in total. The standard InChI is InChI=1S/C17H31N3O/c1-14(2)11-18-12-16-7-6-8-17(19-16)13-20(5)9-10-21-15(3)4/h6-8,14-15,18H,9-13H2,1-5H3. The predicted molar refractivity (Wildman–Crippen MR) is 88.2 cm³/mol. The van der Waals surface area contributed by atoms with Crippen molar-refractivity contribution in [3.63, 3.8) is 0 Å². The Bertz CT molecular complexity index is 393. The van der Waals surface area contributed by atoms with Crippen LogP contribution in [0.5, 0.6) is 0 Å². The number of pyridine rings is 1. The van der Waals surface area contributed by atoms with E-state index in [0.717, 1.165) is 44.2 Å². The van der Waals surface area contributed by atoms with Gasteiger partial charge in [0.05, 0.1) is 24.1 Å². The Labute approximate surface area is 129 Å². The quantitative estimate of drug-likeness (QED) is 0.720. The Morgan fingerprint density at radius 2 is 1.90 bits per heavy atom. The number of likely N-dealkylation sites (N-methyl/N-ethyl adjacent to an activating group) is 1. The van der Waals surface area contributed by atoms with Gasteiger partial charge in [0.15, 0.2) is 0 Å². The number of nitrogens with zero attached hydrogens (tertiary/aromatic N) is 2. The lowest BCUT2D eigenvalue weighted by atomic mass is 10.2. The van der Waals surface area contributed by atoms with Crippen LogP contribution in [0, 0.1) is 5.92 Å². The summed E-state index contributed by atoms with van der Waals surface area (Å²) in [5.74, 6) is 0.667. The third-order valence-corrected chi connectivity index (χ3v) is 3.08. The van der Waals surface area contributed by atoms with Crippen LogP contribution in [0.1, 0.15) is 39.1 Å². The fourth-order valence-corrected chi connectivity index (χ4v) is 2.00. The van der Waals surface area contributed by atoms with Crippen molar-refractivity contribution in [3.05, 3.63) is 29.6 Å². The normalized spacial score (nSPS) is 11.8. The van der Waals surface area contributed by atoms with E-state index in [4.69, 9.17) is 9.72 Å². The van der Waals surface area contributed by atoms with Crippen LogP contribution >= 0.6 is 0 Å². The summed E-state index contributed by atoms with van der Waals surface area (Å²) in [7, 11) is 2.11. The molecule has 0 unspecified atom stereocenters. The van der Waals surface area contributed by atoms with Gasteiger partial charge < -0.3 is 10.1 Å². The molecule has 0 spiro atoms. The van der Waals surface area contributed by atoms with Crippen LogP contribution in [0.15, 0.2) is 18.2 Å². The molecule has 0 atom stereocenters. The van der Waals surface area contributed by atoms with Gasteiger partial charge in [-0.15, -0.1) is 0 Å². The highest BCUT2D eigenvalue weighted by Crippen LogP contribution is 2.03. The van der Waals surface area contributed by atoms with Crippen molar-refractivity contribution in [2.45, 2.75) is 46.9 Å². The van der Waals surface area contributed by atoms with E-state index in [2.05, 4.69) is 63.2 Å². The van der Waals surface area contributed by atoms with Gasteiger partial charge in [-0.25, -0.2) is 0 Å². The maximum absolute atomic E-state index is 5.58. The average molecular weight is 293 g/mol. The monoisotopic (exact) mass is 293 g/mol. The lowest BCUT2D eigenvalue weighted by Gasteiger charge is -2.17. The van der Waals surface area contributed by atoms with Crippen molar-refractivity contribution in [1.82, 2.24) is 15.2 Å². The van der Waals surface area contributed by atoms with Gasteiger partial charge in [0.1, 0.15) is 0 Å². The lowest BCUT2D eigenvalue weighted by Crippen LogP contribution is -2.25. The predicted octanol–water partition coefficient (Wildman–Crippen LogP) is 2.68.